The van der Waals surface area contributed by atoms with Crippen molar-refractivity contribution in [2.45, 2.75) is 6.92 Å². The molecule has 1 heterocycles. The Hall–Kier alpha value is -5.53. The second-order valence-corrected chi connectivity index (χ2v) is 11.3. The van der Waals surface area contributed by atoms with Crippen molar-refractivity contribution < 1.29 is 0 Å². The van der Waals surface area contributed by atoms with Crippen LogP contribution in [0.2, 0.25) is 0 Å². The second-order valence-electron chi connectivity index (χ2n) is 11.3. The van der Waals surface area contributed by atoms with Gasteiger partial charge in [-0.05, 0) is 114 Å². The topological polar surface area (TPSA) is 12.9 Å². The van der Waals surface area contributed by atoms with Gasteiger partial charge in [-0.25, -0.2) is 0 Å². The zero-order valence-electron chi connectivity index (χ0n) is 24.0. The first kappa shape index (κ1) is 25.2. The molecule has 0 saturated carbocycles. The van der Waals surface area contributed by atoms with Crippen LogP contribution in [0.15, 0.2) is 158 Å². The minimum Gasteiger partial charge on any atom is -0.265 e. The van der Waals surface area contributed by atoms with Crippen LogP contribution in [0.25, 0.3) is 76.8 Å². The van der Waals surface area contributed by atoms with Crippen LogP contribution in [-0.2, 0) is 0 Å². The number of pyridine rings is 1. The van der Waals surface area contributed by atoms with Gasteiger partial charge in [0.2, 0.25) is 0 Å². The van der Waals surface area contributed by atoms with E-state index in [1.807, 2.05) is 12.4 Å². The van der Waals surface area contributed by atoms with Crippen molar-refractivity contribution in [1.82, 2.24) is 4.98 Å². The molecule has 0 N–H and O–H groups in total. The second kappa shape index (κ2) is 10.4. The summed E-state index contributed by atoms with van der Waals surface area (Å²) in [5.41, 5.74) is 11.2. The molecule has 202 valence electrons. The number of hydrogen-bond acceptors (Lipinski definition) is 1. The molecule has 0 saturated heterocycles. The number of nitrogens with zero attached hydrogens (tertiary/aromatic N) is 1. The maximum atomic E-state index is 4.17. The molecule has 0 radical (unpaired) electrons. The van der Waals surface area contributed by atoms with Gasteiger partial charge in [0.25, 0.3) is 0 Å². The average Bonchev–Trinajstić information content (AvgIpc) is 3.07. The van der Waals surface area contributed by atoms with E-state index < -0.39 is 0 Å². The van der Waals surface area contributed by atoms with Crippen LogP contribution in [0.4, 0.5) is 0 Å². The fraction of sp³-hybridized carbons (Fsp3) is 0.0238. The molecule has 1 aromatic heterocycles. The van der Waals surface area contributed by atoms with Crippen molar-refractivity contribution in [1.29, 1.82) is 0 Å². The summed E-state index contributed by atoms with van der Waals surface area (Å²) in [5.74, 6) is 0. The first-order valence-corrected chi connectivity index (χ1v) is 14.8. The summed E-state index contributed by atoms with van der Waals surface area (Å²) < 4.78 is 0. The van der Waals surface area contributed by atoms with Crippen molar-refractivity contribution >= 4 is 32.3 Å². The number of rotatable bonds is 4. The Morgan fingerprint density at radius 3 is 1.42 bits per heavy atom. The third kappa shape index (κ3) is 4.47. The van der Waals surface area contributed by atoms with Gasteiger partial charge in [0.15, 0.2) is 0 Å². The highest BCUT2D eigenvalue weighted by molar-refractivity contribution is 6.21. The molecule has 0 aliphatic rings. The molecule has 0 aliphatic carbocycles. The Morgan fingerprint density at radius 2 is 0.814 bits per heavy atom. The lowest BCUT2D eigenvalue weighted by Gasteiger charge is -2.18. The number of benzene rings is 7. The smallest absolute Gasteiger partial charge is 0.0273 e. The van der Waals surface area contributed by atoms with Gasteiger partial charge in [0.05, 0.1) is 0 Å². The van der Waals surface area contributed by atoms with Crippen molar-refractivity contribution in [3.05, 3.63) is 164 Å². The molecule has 1 heteroatoms. The van der Waals surface area contributed by atoms with E-state index in [-0.39, 0.29) is 0 Å². The molecule has 8 aromatic rings. The van der Waals surface area contributed by atoms with Crippen molar-refractivity contribution in [3.63, 3.8) is 0 Å². The van der Waals surface area contributed by atoms with E-state index in [2.05, 4.69) is 158 Å². The standard InChI is InChI=1S/C42H29N/c1-28-13-15-30(16-14-28)41-37-9-2-4-11-39(37)42(40-12-5-3-10-38(40)41)36-20-19-34-26-33(17-18-35(34)27-36)32-8-6-7-31(25-32)29-21-23-43-24-22-29/h2-27H,1H3. The van der Waals surface area contributed by atoms with Gasteiger partial charge in [0, 0.05) is 12.4 Å². The maximum absolute atomic E-state index is 4.17. The van der Waals surface area contributed by atoms with E-state index in [0.29, 0.717) is 0 Å². The lowest BCUT2D eigenvalue weighted by Crippen LogP contribution is -1.91. The summed E-state index contributed by atoms with van der Waals surface area (Å²) in [7, 11) is 0. The fourth-order valence-corrected chi connectivity index (χ4v) is 6.47. The van der Waals surface area contributed by atoms with Crippen LogP contribution in [0.1, 0.15) is 5.56 Å². The Balaban J connectivity index is 1.28. The zero-order chi connectivity index (χ0) is 28.8. The molecule has 0 spiro atoms. The fourth-order valence-electron chi connectivity index (χ4n) is 6.47. The van der Waals surface area contributed by atoms with Gasteiger partial charge >= 0.3 is 0 Å². The third-order valence-electron chi connectivity index (χ3n) is 8.61. The minimum absolute atomic E-state index is 1.18. The maximum Gasteiger partial charge on any atom is 0.0273 e. The van der Waals surface area contributed by atoms with Crippen LogP contribution in [-0.4, -0.2) is 4.98 Å². The normalized spacial score (nSPS) is 11.4. The quantitative estimate of drug-likeness (QED) is 0.200. The van der Waals surface area contributed by atoms with Gasteiger partial charge in [-0.3, -0.25) is 4.98 Å². The summed E-state index contributed by atoms with van der Waals surface area (Å²) in [6.45, 7) is 2.14. The Bertz CT molecular complexity index is 2220. The van der Waals surface area contributed by atoms with Gasteiger partial charge in [-0.1, -0.05) is 121 Å². The molecule has 0 amide bonds. The number of aryl methyl sites for hydroxylation is 1. The first-order chi connectivity index (χ1) is 21.2. The zero-order valence-corrected chi connectivity index (χ0v) is 24.0. The Kier molecular flexibility index (Phi) is 6.09. The molecule has 1 nitrogen and oxygen atoms in total. The van der Waals surface area contributed by atoms with Gasteiger partial charge < -0.3 is 0 Å². The van der Waals surface area contributed by atoms with E-state index in [0.717, 1.165) is 0 Å². The molecule has 0 unspecified atom stereocenters. The summed E-state index contributed by atoms with van der Waals surface area (Å²) in [6.07, 6.45) is 3.69. The Morgan fingerprint density at radius 1 is 0.349 bits per heavy atom. The van der Waals surface area contributed by atoms with Crippen molar-refractivity contribution in [2.75, 3.05) is 0 Å². The van der Waals surface area contributed by atoms with Crippen LogP contribution in [0.3, 0.4) is 0 Å². The molecule has 8 rings (SSSR count). The highest BCUT2D eigenvalue weighted by atomic mass is 14.6. The van der Waals surface area contributed by atoms with E-state index in [1.165, 1.54) is 82.4 Å². The number of fused-ring (bicyclic) bond motifs is 3. The minimum atomic E-state index is 1.18. The summed E-state index contributed by atoms with van der Waals surface area (Å²) in [5, 5.41) is 7.60. The van der Waals surface area contributed by atoms with E-state index in [4.69, 9.17) is 0 Å². The molecule has 0 fully saturated rings. The van der Waals surface area contributed by atoms with E-state index in [9.17, 15) is 0 Å². The summed E-state index contributed by atoms with van der Waals surface area (Å²) in [4.78, 5) is 4.17. The largest absolute Gasteiger partial charge is 0.265 e. The van der Waals surface area contributed by atoms with E-state index >= 15 is 0 Å². The van der Waals surface area contributed by atoms with Crippen LogP contribution >= 0.6 is 0 Å². The molecule has 0 atom stereocenters. The lowest BCUT2D eigenvalue weighted by molar-refractivity contribution is 1.33. The van der Waals surface area contributed by atoms with Crippen LogP contribution < -0.4 is 0 Å². The predicted molar refractivity (Wildman–Crippen MR) is 183 cm³/mol. The average molecular weight is 548 g/mol. The Labute approximate surface area is 251 Å². The number of hydrogen-bond donors (Lipinski definition) is 0. The van der Waals surface area contributed by atoms with Gasteiger partial charge in [0.1, 0.15) is 0 Å². The van der Waals surface area contributed by atoms with Crippen molar-refractivity contribution in [3.8, 4) is 44.5 Å². The highest BCUT2D eigenvalue weighted by Crippen LogP contribution is 2.44. The lowest BCUT2D eigenvalue weighted by atomic mass is 9.85. The van der Waals surface area contributed by atoms with Crippen LogP contribution in [0.5, 0.6) is 0 Å². The van der Waals surface area contributed by atoms with Crippen LogP contribution in [0, 0.1) is 6.92 Å². The monoisotopic (exact) mass is 547 g/mol. The van der Waals surface area contributed by atoms with Gasteiger partial charge in [-0.15, -0.1) is 0 Å². The third-order valence-corrected chi connectivity index (χ3v) is 8.61. The van der Waals surface area contributed by atoms with Crippen molar-refractivity contribution in [2.24, 2.45) is 0 Å². The molecule has 43 heavy (non-hydrogen) atoms. The molecule has 0 bridgehead atoms. The SMILES string of the molecule is Cc1ccc(-c2c3ccccc3c(-c3ccc4cc(-c5cccc(-c6ccncc6)c5)ccc4c3)c3ccccc23)cc1. The number of aromatic nitrogens is 1. The molecule has 7 aromatic carbocycles. The summed E-state index contributed by atoms with van der Waals surface area (Å²) >= 11 is 0. The summed E-state index contributed by atoms with van der Waals surface area (Å²) in [6, 6.07) is 53.2. The molecular weight excluding hydrogens is 518 g/mol. The van der Waals surface area contributed by atoms with Gasteiger partial charge in [-0.2, -0.15) is 0 Å². The molecule has 0 aliphatic heterocycles. The highest BCUT2D eigenvalue weighted by Gasteiger charge is 2.16. The molecular formula is C42H29N. The van der Waals surface area contributed by atoms with E-state index in [1.54, 1.807) is 0 Å². The predicted octanol–water partition coefficient (Wildman–Crippen LogP) is 11.5. The first-order valence-electron chi connectivity index (χ1n) is 14.8.